The van der Waals surface area contributed by atoms with Gasteiger partial charge in [-0.1, -0.05) is 36.0 Å². The molecular weight excluding hydrogens is 418 g/mol. The molecule has 0 aliphatic heterocycles. The highest BCUT2D eigenvalue weighted by Gasteiger charge is 2.20. The van der Waals surface area contributed by atoms with Crippen LogP contribution < -0.4 is 0 Å². The first-order valence-electron chi connectivity index (χ1n) is 10.4. The van der Waals surface area contributed by atoms with Gasteiger partial charge in [0.1, 0.15) is 0 Å². The van der Waals surface area contributed by atoms with Crippen molar-refractivity contribution in [1.29, 1.82) is 0 Å². The van der Waals surface area contributed by atoms with Gasteiger partial charge in [0.25, 0.3) is 0 Å². The minimum atomic E-state index is 0.0701. The second-order valence-corrected chi connectivity index (χ2v) is 8.51. The number of allylic oxidation sites excluding steroid dienone is 1. The van der Waals surface area contributed by atoms with Crippen LogP contribution >= 0.6 is 11.8 Å². The van der Waals surface area contributed by atoms with Gasteiger partial charge in [-0.05, 0) is 50.6 Å². The van der Waals surface area contributed by atoms with Gasteiger partial charge in [-0.2, -0.15) is 0 Å². The van der Waals surface area contributed by atoms with E-state index in [1.165, 1.54) is 11.8 Å². The van der Waals surface area contributed by atoms with Crippen LogP contribution in [0.15, 0.2) is 72.7 Å². The molecule has 7 heteroatoms. The average Bonchev–Trinajstić information content (AvgIpc) is 3.35. The minimum absolute atomic E-state index is 0.0701. The van der Waals surface area contributed by atoms with Crippen LogP contribution in [0.3, 0.4) is 0 Å². The number of hydrogen-bond acceptors (Lipinski definition) is 5. The summed E-state index contributed by atoms with van der Waals surface area (Å²) in [5.41, 5.74) is 5.71. The number of ketones is 1. The fourth-order valence-electron chi connectivity index (χ4n) is 3.78. The largest absolute Gasteiger partial charge is 0.345 e. The zero-order valence-electron chi connectivity index (χ0n) is 18.4. The van der Waals surface area contributed by atoms with Crippen LogP contribution in [0.4, 0.5) is 0 Å². The highest BCUT2D eigenvalue weighted by molar-refractivity contribution is 7.99. The Balaban J connectivity index is 1.67. The van der Waals surface area contributed by atoms with Crippen molar-refractivity contribution in [2.75, 3.05) is 5.75 Å². The predicted molar refractivity (Wildman–Crippen MR) is 128 cm³/mol. The van der Waals surface area contributed by atoms with Gasteiger partial charge < -0.3 is 4.57 Å². The summed E-state index contributed by atoms with van der Waals surface area (Å²) in [5.74, 6) is 1.04. The number of pyridine rings is 1. The molecule has 32 heavy (non-hydrogen) atoms. The molecule has 0 spiro atoms. The van der Waals surface area contributed by atoms with Crippen molar-refractivity contribution in [3.05, 3.63) is 90.0 Å². The molecule has 3 heterocycles. The zero-order chi connectivity index (χ0) is 22.7. The van der Waals surface area contributed by atoms with Gasteiger partial charge >= 0.3 is 0 Å². The number of nitrogens with zero attached hydrogens (tertiary/aromatic N) is 5. The van der Waals surface area contributed by atoms with Gasteiger partial charge in [0, 0.05) is 41.5 Å². The van der Waals surface area contributed by atoms with Crippen molar-refractivity contribution >= 4 is 17.5 Å². The number of carbonyl (C=O) groups is 1. The third-order valence-electron chi connectivity index (χ3n) is 5.43. The molecule has 162 valence electrons. The maximum Gasteiger partial charge on any atom is 0.196 e. The molecule has 0 bridgehead atoms. The molecule has 3 aromatic heterocycles. The lowest BCUT2D eigenvalue weighted by Crippen LogP contribution is -2.07. The smallest absolute Gasteiger partial charge is 0.196 e. The Labute approximate surface area is 192 Å². The molecule has 0 N–H and O–H groups in total. The van der Waals surface area contributed by atoms with Gasteiger partial charge in [-0.25, -0.2) is 0 Å². The Hall–Kier alpha value is -3.45. The summed E-state index contributed by atoms with van der Waals surface area (Å²) in [5, 5.41) is 9.54. The molecule has 0 aliphatic rings. The van der Waals surface area contributed by atoms with Gasteiger partial charge in [0.15, 0.2) is 16.8 Å². The molecule has 4 aromatic rings. The molecule has 6 nitrogen and oxygen atoms in total. The number of carbonyl (C=O) groups excluding carboxylic acids is 1. The van der Waals surface area contributed by atoms with E-state index in [0.29, 0.717) is 17.5 Å². The lowest BCUT2D eigenvalue weighted by atomic mass is 10.2. The molecule has 0 radical (unpaired) electrons. The lowest BCUT2D eigenvalue weighted by Gasteiger charge is -2.12. The Morgan fingerprint density at radius 2 is 1.94 bits per heavy atom. The second-order valence-electron chi connectivity index (χ2n) is 7.57. The quantitative estimate of drug-likeness (QED) is 0.212. The van der Waals surface area contributed by atoms with Gasteiger partial charge in [-0.15, -0.1) is 16.8 Å². The Morgan fingerprint density at radius 3 is 2.66 bits per heavy atom. The van der Waals surface area contributed by atoms with Crippen LogP contribution in [0, 0.1) is 20.8 Å². The first kappa shape index (κ1) is 21.8. The zero-order valence-corrected chi connectivity index (χ0v) is 19.3. The summed E-state index contributed by atoms with van der Waals surface area (Å²) in [7, 11) is 0. The van der Waals surface area contributed by atoms with Gasteiger partial charge in [0.05, 0.1) is 11.4 Å². The van der Waals surface area contributed by atoms with Crippen molar-refractivity contribution in [3.8, 4) is 17.1 Å². The first-order valence-corrected chi connectivity index (χ1v) is 11.3. The maximum absolute atomic E-state index is 13.1. The number of hydrogen-bond donors (Lipinski definition) is 0. The van der Waals surface area contributed by atoms with Crippen LogP contribution in [-0.2, 0) is 6.54 Å². The van der Waals surface area contributed by atoms with Crippen molar-refractivity contribution in [2.24, 2.45) is 0 Å². The van der Waals surface area contributed by atoms with E-state index in [-0.39, 0.29) is 11.5 Å². The number of Topliss-reactive ketones (excluding diaryl/α,β-unsaturated/α-hetero) is 1. The van der Waals surface area contributed by atoms with Crippen molar-refractivity contribution in [2.45, 2.75) is 32.5 Å². The Kier molecular flexibility index (Phi) is 6.37. The summed E-state index contributed by atoms with van der Waals surface area (Å²) >= 11 is 1.40. The SMILES string of the molecule is C=CCn1c(C)cc(C(=O)CSc2nnc(-c3cccnc3)n2-c2ccccc2C)c1C. The number of thioether (sulfide) groups is 1. The molecule has 0 amide bonds. The maximum atomic E-state index is 13.1. The van der Waals surface area contributed by atoms with Crippen molar-refractivity contribution < 1.29 is 4.79 Å². The Morgan fingerprint density at radius 1 is 1.12 bits per heavy atom. The van der Waals surface area contributed by atoms with E-state index in [9.17, 15) is 4.79 Å². The number of aryl methyl sites for hydroxylation is 2. The van der Waals surface area contributed by atoms with Crippen LogP contribution in [-0.4, -0.2) is 35.9 Å². The molecule has 0 atom stereocenters. The lowest BCUT2D eigenvalue weighted by molar-refractivity contribution is 0.102. The van der Waals surface area contributed by atoms with E-state index in [1.807, 2.05) is 60.9 Å². The first-order chi connectivity index (χ1) is 15.5. The molecule has 1 aromatic carbocycles. The Bertz CT molecular complexity index is 1270. The van der Waals surface area contributed by atoms with E-state index in [4.69, 9.17) is 0 Å². The topological polar surface area (TPSA) is 65.6 Å². The number of rotatable bonds is 8. The standard InChI is InChI=1S/C25H25N5OS/c1-5-13-29-18(3)14-21(19(29)4)23(31)16-32-25-28-27-24(20-10-8-12-26-15-20)30(25)22-11-7-6-9-17(22)2/h5-12,14-15H,1,13,16H2,2-4H3. The minimum Gasteiger partial charge on any atom is -0.345 e. The molecule has 0 unspecified atom stereocenters. The van der Waals surface area contributed by atoms with Crippen molar-refractivity contribution in [1.82, 2.24) is 24.3 Å². The van der Waals surface area contributed by atoms with Crippen LogP contribution in [0.1, 0.15) is 27.3 Å². The monoisotopic (exact) mass is 443 g/mol. The molecule has 4 rings (SSSR count). The van der Waals surface area contributed by atoms with E-state index in [0.717, 1.165) is 33.8 Å². The van der Waals surface area contributed by atoms with Crippen molar-refractivity contribution in [3.63, 3.8) is 0 Å². The number of aromatic nitrogens is 5. The van der Waals surface area contributed by atoms with E-state index < -0.39 is 0 Å². The van der Waals surface area contributed by atoms with E-state index >= 15 is 0 Å². The predicted octanol–water partition coefficient (Wildman–Crippen LogP) is 5.22. The summed E-state index contributed by atoms with van der Waals surface area (Å²) in [6.45, 7) is 10.5. The molecular formula is C25H25N5OS. The van der Waals surface area contributed by atoms with Crippen LogP contribution in [0.2, 0.25) is 0 Å². The summed E-state index contributed by atoms with van der Waals surface area (Å²) in [4.78, 5) is 17.3. The van der Waals surface area contributed by atoms with E-state index in [1.54, 1.807) is 12.4 Å². The third-order valence-corrected chi connectivity index (χ3v) is 6.36. The summed E-state index contributed by atoms with van der Waals surface area (Å²) in [6.07, 6.45) is 5.34. The second kappa shape index (κ2) is 9.36. The molecule has 0 fully saturated rings. The number of para-hydroxylation sites is 1. The van der Waals surface area contributed by atoms with Crippen LogP contribution in [0.25, 0.3) is 17.1 Å². The molecule has 0 saturated carbocycles. The normalized spacial score (nSPS) is 11.0. The fraction of sp³-hybridized carbons (Fsp3) is 0.200. The molecule has 0 saturated heterocycles. The average molecular weight is 444 g/mol. The van der Waals surface area contributed by atoms with Gasteiger partial charge in [0.2, 0.25) is 0 Å². The highest BCUT2D eigenvalue weighted by Crippen LogP contribution is 2.30. The van der Waals surface area contributed by atoms with Gasteiger partial charge in [-0.3, -0.25) is 14.3 Å². The summed E-state index contributed by atoms with van der Waals surface area (Å²) in [6, 6.07) is 13.9. The number of benzene rings is 1. The fourth-order valence-corrected chi connectivity index (χ4v) is 4.61. The van der Waals surface area contributed by atoms with Crippen LogP contribution in [0.5, 0.6) is 0 Å². The molecule has 0 aliphatic carbocycles. The highest BCUT2D eigenvalue weighted by atomic mass is 32.2. The summed E-state index contributed by atoms with van der Waals surface area (Å²) < 4.78 is 4.10. The van der Waals surface area contributed by atoms with E-state index in [2.05, 4.69) is 39.3 Å². The third kappa shape index (κ3) is 4.16.